The molecular formula is C28H34F6N2O7S2. The lowest BCUT2D eigenvalue weighted by Crippen LogP contribution is -2.54. The largest absolute Gasteiger partial charge is 0.497 e. The maximum absolute atomic E-state index is 14.2. The van der Waals surface area contributed by atoms with Gasteiger partial charge in [-0.05, 0) is 35.4 Å². The number of methoxy groups -OCH3 is 2. The SMILES string of the molecule is COc1cccc([C@@H]2CN(C[C@H](O[C@@H](CN3CCS(=O)(=O)[C@H](c4cccc(OC)c4)C3)C(F)(F)F)C(F)(F)F)CCS2(=O)=O)c1. The third-order valence-corrected chi connectivity index (χ3v) is 12.0. The molecule has 2 saturated heterocycles. The Kier molecular flexibility index (Phi) is 10.7. The van der Waals surface area contributed by atoms with E-state index in [2.05, 4.69) is 0 Å². The van der Waals surface area contributed by atoms with Crippen LogP contribution in [-0.2, 0) is 24.4 Å². The third kappa shape index (κ3) is 8.81. The van der Waals surface area contributed by atoms with Gasteiger partial charge in [0.25, 0.3) is 0 Å². The molecule has 0 amide bonds. The van der Waals surface area contributed by atoms with Crippen LogP contribution in [-0.4, -0.2) is 116 Å². The fourth-order valence-corrected chi connectivity index (χ4v) is 9.02. The first kappa shape index (κ1) is 35.3. The standard InChI is InChI=1S/C28H34F6N2O7S2/c1-41-21-7-3-5-19(13-21)23-15-35(9-11-44(23,37)38)17-25(27(29,30)31)43-26(28(32,33)34)18-36-10-12-45(39,40)24(16-36)20-6-4-8-22(14-20)42-2/h3-8,13-14,23-26H,9-12,15-18H2,1-2H3/t23-,24-,25-,26-/m0/s1. The molecule has 2 aromatic carbocycles. The Morgan fingerprint density at radius 3 is 1.42 bits per heavy atom. The molecular weight excluding hydrogens is 654 g/mol. The van der Waals surface area contributed by atoms with Gasteiger partial charge in [-0.2, -0.15) is 26.3 Å². The zero-order valence-corrected chi connectivity index (χ0v) is 26.1. The Morgan fingerprint density at radius 1 is 0.711 bits per heavy atom. The molecule has 2 fully saturated rings. The number of rotatable bonds is 10. The average Bonchev–Trinajstić information content (AvgIpc) is 2.96. The van der Waals surface area contributed by atoms with Crippen LogP contribution in [0.15, 0.2) is 48.5 Å². The Hall–Kier alpha value is -2.60. The molecule has 2 aliphatic heterocycles. The Labute approximate surface area is 257 Å². The van der Waals surface area contributed by atoms with Crippen molar-refractivity contribution in [3.8, 4) is 11.5 Å². The van der Waals surface area contributed by atoms with E-state index in [9.17, 15) is 43.2 Å². The summed E-state index contributed by atoms with van der Waals surface area (Å²) in [6.07, 6.45) is -16.3. The molecule has 4 atom stereocenters. The second kappa shape index (κ2) is 13.6. The van der Waals surface area contributed by atoms with Gasteiger partial charge >= 0.3 is 12.4 Å². The fourth-order valence-electron chi connectivity index (χ4n) is 5.43. The highest BCUT2D eigenvalue weighted by atomic mass is 32.2. The Morgan fingerprint density at radius 2 is 1.09 bits per heavy atom. The molecule has 17 heteroatoms. The maximum atomic E-state index is 14.2. The molecule has 0 aromatic heterocycles. The van der Waals surface area contributed by atoms with E-state index in [0.29, 0.717) is 11.5 Å². The van der Waals surface area contributed by atoms with Gasteiger partial charge in [0.2, 0.25) is 0 Å². The summed E-state index contributed by atoms with van der Waals surface area (Å²) >= 11 is 0. The van der Waals surface area contributed by atoms with Gasteiger partial charge < -0.3 is 14.2 Å². The van der Waals surface area contributed by atoms with Crippen LogP contribution in [0.3, 0.4) is 0 Å². The smallest absolute Gasteiger partial charge is 0.415 e. The van der Waals surface area contributed by atoms with Gasteiger partial charge in [0.05, 0.1) is 36.2 Å². The minimum absolute atomic E-state index is 0.280. The zero-order valence-electron chi connectivity index (χ0n) is 24.4. The van der Waals surface area contributed by atoms with Gasteiger partial charge in [-0.15, -0.1) is 0 Å². The summed E-state index contributed by atoms with van der Waals surface area (Å²) in [5.41, 5.74) is 0.560. The van der Waals surface area contributed by atoms with E-state index in [0.717, 1.165) is 9.80 Å². The molecule has 2 aromatic rings. The summed E-state index contributed by atoms with van der Waals surface area (Å²) in [5.74, 6) is -0.335. The van der Waals surface area contributed by atoms with Crippen molar-refractivity contribution in [3.05, 3.63) is 59.7 Å². The van der Waals surface area contributed by atoms with Gasteiger partial charge in [-0.25, -0.2) is 16.8 Å². The van der Waals surface area contributed by atoms with Crippen LogP contribution in [0.1, 0.15) is 21.6 Å². The quantitative estimate of drug-likeness (QED) is 0.345. The summed E-state index contributed by atoms with van der Waals surface area (Å²) in [6.45, 7) is -3.52. The summed E-state index contributed by atoms with van der Waals surface area (Å²) < 4.78 is 151. The van der Waals surface area contributed by atoms with Crippen molar-refractivity contribution in [1.82, 2.24) is 9.80 Å². The normalized spacial score (nSPS) is 24.1. The number of sulfone groups is 2. The van der Waals surface area contributed by atoms with Crippen molar-refractivity contribution in [2.45, 2.75) is 35.1 Å². The number of benzene rings is 2. The minimum Gasteiger partial charge on any atom is -0.497 e. The first-order chi connectivity index (χ1) is 20.9. The topological polar surface area (TPSA) is 102 Å². The number of halogens is 6. The molecule has 2 heterocycles. The van der Waals surface area contributed by atoms with Gasteiger partial charge in [-0.1, -0.05) is 24.3 Å². The predicted octanol–water partition coefficient (Wildman–Crippen LogP) is 3.83. The highest BCUT2D eigenvalue weighted by Crippen LogP contribution is 2.36. The monoisotopic (exact) mass is 688 g/mol. The van der Waals surface area contributed by atoms with Gasteiger partial charge in [-0.3, -0.25) is 9.80 Å². The molecule has 0 aliphatic carbocycles. The number of alkyl halides is 6. The molecule has 0 unspecified atom stereocenters. The van der Waals surface area contributed by atoms with E-state index < -0.39 is 92.4 Å². The molecule has 9 nitrogen and oxygen atoms in total. The van der Waals surface area contributed by atoms with Crippen LogP contribution in [0.2, 0.25) is 0 Å². The zero-order chi connectivity index (χ0) is 33.2. The van der Waals surface area contributed by atoms with Crippen LogP contribution >= 0.6 is 0 Å². The number of hydrogen-bond donors (Lipinski definition) is 0. The number of ether oxygens (including phenoxy) is 3. The molecule has 0 radical (unpaired) electrons. The van der Waals surface area contributed by atoms with Gasteiger partial charge in [0, 0.05) is 39.3 Å². The van der Waals surface area contributed by atoms with E-state index in [1.54, 1.807) is 12.1 Å². The molecule has 2 aliphatic rings. The van der Waals surface area contributed by atoms with E-state index in [1.165, 1.54) is 50.6 Å². The fraction of sp³-hybridized carbons (Fsp3) is 0.571. The van der Waals surface area contributed by atoms with Crippen LogP contribution in [0, 0.1) is 0 Å². The van der Waals surface area contributed by atoms with Crippen LogP contribution in [0.25, 0.3) is 0 Å². The maximum Gasteiger partial charge on any atom is 0.415 e. The lowest BCUT2D eigenvalue weighted by molar-refractivity contribution is -0.290. The van der Waals surface area contributed by atoms with Crippen molar-refractivity contribution >= 4 is 19.7 Å². The van der Waals surface area contributed by atoms with Crippen LogP contribution < -0.4 is 9.47 Å². The minimum atomic E-state index is -5.22. The van der Waals surface area contributed by atoms with Crippen molar-refractivity contribution < 1.29 is 57.4 Å². The Bertz CT molecular complexity index is 1420. The van der Waals surface area contributed by atoms with Crippen LogP contribution in [0.4, 0.5) is 26.3 Å². The summed E-state index contributed by atoms with van der Waals surface area (Å²) in [4.78, 5) is 2.26. The van der Waals surface area contributed by atoms with Gasteiger partial charge in [0.1, 0.15) is 11.5 Å². The third-order valence-electron chi connectivity index (χ3n) is 7.94. The highest BCUT2D eigenvalue weighted by Gasteiger charge is 2.51. The van der Waals surface area contributed by atoms with Crippen molar-refractivity contribution in [1.29, 1.82) is 0 Å². The molecule has 0 saturated carbocycles. The van der Waals surface area contributed by atoms with E-state index in [1.807, 2.05) is 0 Å². The molecule has 0 spiro atoms. The first-order valence-electron chi connectivity index (χ1n) is 13.9. The van der Waals surface area contributed by atoms with Crippen molar-refractivity contribution in [2.24, 2.45) is 0 Å². The summed E-state index contributed by atoms with van der Waals surface area (Å²) in [6, 6.07) is 12.1. The molecule has 4 rings (SSSR count). The molecule has 252 valence electrons. The highest BCUT2D eigenvalue weighted by molar-refractivity contribution is 7.92. The van der Waals surface area contributed by atoms with E-state index in [-0.39, 0.29) is 24.2 Å². The number of hydrogen-bond acceptors (Lipinski definition) is 9. The predicted molar refractivity (Wildman–Crippen MR) is 153 cm³/mol. The lowest BCUT2D eigenvalue weighted by atomic mass is 10.1. The van der Waals surface area contributed by atoms with E-state index in [4.69, 9.17) is 14.2 Å². The van der Waals surface area contributed by atoms with Gasteiger partial charge in [0.15, 0.2) is 31.9 Å². The molecule has 45 heavy (non-hydrogen) atoms. The molecule has 0 N–H and O–H groups in total. The average molecular weight is 689 g/mol. The van der Waals surface area contributed by atoms with Crippen molar-refractivity contribution in [3.63, 3.8) is 0 Å². The lowest BCUT2D eigenvalue weighted by Gasteiger charge is -2.38. The number of nitrogens with zero attached hydrogens (tertiary/aromatic N) is 2. The summed E-state index contributed by atoms with van der Waals surface area (Å²) in [7, 11) is -4.82. The second-order valence-corrected chi connectivity index (χ2v) is 15.6. The van der Waals surface area contributed by atoms with E-state index >= 15 is 0 Å². The van der Waals surface area contributed by atoms with Crippen LogP contribution in [0.5, 0.6) is 11.5 Å². The van der Waals surface area contributed by atoms with Crippen molar-refractivity contribution in [2.75, 3.05) is 65.0 Å². The summed E-state index contributed by atoms with van der Waals surface area (Å²) in [5, 5.41) is -2.45. The molecule has 0 bridgehead atoms. The second-order valence-electron chi connectivity index (χ2n) is 11.0. The Balaban J connectivity index is 1.52. The first-order valence-corrected chi connectivity index (χ1v) is 17.3.